The summed E-state index contributed by atoms with van der Waals surface area (Å²) >= 11 is 0. The Morgan fingerprint density at radius 3 is 2.39 bits per heavy atom. The van der Waals surface area contributed by atoms with Crippen molar-refractivity contribution in [1.29, 1.82) is 0 Å². The molecule has 7 atom stereocenters. The van der Waals surface area contributed by atoms with Crippen LogP contribution in [0.1, 0.15) is 73.6 Å². The normalized spacial score (nSPS) is 30.3. The molecule has 8 nitrogen and oxygen atoms in total. The van der Waals surface area contributed by atoms with Crippen molar-refractivity contribution in [2.45, 2.75) is 80.9 Å². The molecule has 1 aliphatic heterocycles. The van der Waals surface area contributed by atoms with E-state index in [1.165, 1.54) is 11.1 Å². The Bertz CT molecular complexity index is 1560. The minimum absolute atomic E-state index is 0.0123. The van der Waals surface area contributed by atoms with E-state index in [-0.39, 0.29) is 54.1 Å². The molecule has 9 heteroatoms. The summed E-state index contributed by atoms with van der Waals surface area (Å²) < 4.78 is 30.7. The van der Waals surface area contributed by atoms with Crippen LogP contribution in [-0.2, 0) is 25.7 Å². The van der Waals surface area contributed by atoms with E-state index < -0.39 is 24.9 Å². The number of carbonyl (C=O) groups is 1. The van der Waals surface area contributed by atoms with Gasteiger partial charge in [0.1, 0.15) is 0 Å². The van der Waals surface area contributed by atoms with Gasteiger partial charge in [-0.1, -0.05) is 73.7 Å². The SMILES string of the molecule is CC(CCC(c1ccccc1)c1ccccc1)COP(=O)(O)Oc1ccc2c3c1OC1C(=O)CCC4(O)C(C2)C(N)CCC314. The lowest BCUT2D eigenvalue weighted by Gasteiger charge is -2.61. The molecule has 2 fully saturated rings. The predicted octanol–water partition coefficient (Wildman–Crippen LogP) is 5.82. The van der Waals surface area contributed by atoms with Crippen LogP contribution in [0.25, 0.3) is 0 Å². The monoisotopic (exact) mass is 617 g/mol. The van der Waals surface area contributed by atoms with Gasteiger partial charge in [-0.3, -0.25) is 14.2 Å². The number of hydrogen-bond donors (Lipinski definition) is 3. The van der Waals surface area contributed by atoms with Gasteiger partial charge in [0.2, 0.25) is 0 Å². The number of ketones is 1. The van der Waals surface area contributed by atoms with Gasteiger partial charge in [-0.2, -0.15) is 0 Å². The summed E-state index contributed by atoms with van der Waals surface area (Å²) in [6.07, 6.45) is 3.04. The van der Waals surface area contributed by atoms with Gasteiger partial charge < -0.3 is 20.1 Å². The Morgan fingerprint density at radius 2 is 1.70 bits per heavy atom. The van der Waals surface area contributed by atoms with E-state index in [0.717, 1.165) is 24.0 Å². The van der Waals surface area contributed by atoms with Crippen molar-refractivity contribution in [1.82, 2.24) is 0 Å². The quantitative estimate of drug-likeness (QED) is 0.243. The number of phosphoric acid groups is 1. The molecule has 2 bridgehead atoms. The molecule has 0 aromatic heterocycles. The highest BCUT2D eigenvalue weighted by molar-refractivity contribution is 7.47. The first-order valence-electron chi connectivity index (χ1n) is 15.7. The number of rotatable bonds is 10. The molecule has 1 heterocycles. The van der Waals surface area contributed by atoms with Crippen LogP contribution in [0.2, 0.25) is 0 Å². The highest BCUT2D eigenvalue weighted by atomic mass is 31.2. The lowest BCUT2D eigenvalue weighted by molar-refractivity contribution is -0.180. The number of phosphoric ester groups is 1. The Kier molecular flexibility index (Phi) is 7.50. The van der Waals surface area contributed by atoms with Crippen LogP contribution in [0.4, 0.5) is 0 Å². The Morgan fingerprint density at radius 1 is 1.02 bits per heavy atom. The number of aliphatic hydroxyl groups is 1. The van der Waals surface area contributed by atoms with Crippen molar-refractivity contribution < 1.29 is 33.1 Å². The summed E-state index contributed by atoms with van der Waals surface area (Å²) in [5.41, 5.74) is 8.54. The lowest BCUT2D eigenvalue weighted by Crippen LogP contribution is -2.73. The number of ether oxygens (including phenoxy) is 1. The number of hydrogen-bond acceptors (Lipinski definition) is 7. The fraction of sp³-hybridized carbons (Fsp3) is 0.457. The minimum Gasteiger partial charge on any atom is -0.477 e. The van der Waals surface area contributed by atoms with E-state index in [1.807, 2.05) is 49.4 Å². The molecule has 232 valence electrons. The summed E-state index contributed by atoms with van der Waals surface area (Å²) in [4.78, 5) is 24.0. The minimum atomic E-state index is -4.54. The largest absolute Gasteiger partial charge is 0.527 e. The van der Waals surface area contributed by atoms with Crippen molar-refractivity contribution in [2.75, 3.05) is 6.61 Å². The molecule has 4 N–H and O–H groups in total. The summed E-state index contributed by atoms with van der Waals surface area (Å²) in [5.74, 6) is 0.268. The van der Waals surface area contributed by atoms with Gasteiger partial charge in [0, 0.05) is 29.9 Å². The van der Waals surface area contributed by atoms with Gasteiger partial charge in [0.15, 0.2) is 23.4 Å². The van der Waals surface area contributed by atoms with Crippen LogP contribution in [0.5, 0.6) is 11.5 Å². The summed E-state index contributed by atoms with van der Waals surface area (Å²) in [6, 6.07) is 24.0. The lowest BCUT2D eigenvalue weighted by atomic mass is 9.45. The molecule has 2 saturated carbocycles. The Balaban J connectivity index is 1.07. The molecule has 3 aromatic carbocycles. The molecule has 1 spiro atoms. The van der Waals surface area contributed by atoms with Crippen molar-refractivity contribution in [3.05, 3.63) is 95.1 Å². The van der Waals surface area contributed by atoms with Gasteiger partial charge in [0.05, 0.1) is 17.6 Å². The van der Waals surface area contributed by atoms with Crippen molar-refractivity contribution >= 4 is 13.6 Å². The zero-order valence-corrected chi connectivity index (χ0v) is 25.8. The second kappa shape index (κ2) is 11.1. The maximum absolute atomic E-state index is 13.3. The second-order valence-electron chi connectivity index (χ2n) is 13.2. The Hall–Kier alpha value is -3.00. The molecule has 0 saturated heterocycles. The van der Waals surface area contributed by atoms with E-state index in [2.05, 4.69) is 24.3 Å². The van der Waals surface area contributed by atoms with Crippen LogP contribution < -0.4 is 15.0 Å². The Labute approximate surface area is 258 Å². The zero-order valence-electron chi connectivity index (χ0n) is 24.9. The van der Waals surface area contributed by atoms with Crippen LogP contribution >= 0.6 is 7.82 Å². The standard InChI is InChI=1S/C35H40NO7P/c1-22(12-14-26(23-8-4-2-5-9-23)24-10-6-3-7-11-24)21-41-44(39,40)43-30-15-13-25-20-27-28(36)16-18-34-31(25)32(30)42-33(34)29(37)17-19-35(27,34)38/h2-11,13,15,22,26-28,33,38H,12,14,16-21,36H2,1H3,(H,39,40). The van der Waals surface area contributed by atoms with Crippen LogP contribution in [-0.4, -0.2) is 40.1 Å². The number of carbonyl (C=O) groups excluding carboxylic acids is 1. The van der Waals surface area contributed by atoms with Gasteiger partial charge in [0.25, 0.3) is 0 Å². The second-order valence-corrected chi connectivity index (χ2v) is 14.6. The fourth-order valence-corrected chi connectivity index (χ4v) is 9.44. The molecule has 7 unspecified atom stereocenters. The third kappa shape index (κ3) is 4.74. The van der Waals surface area contributed by atoms with Crippen molar-refractivity contribution in [3.8, 4) is 11.5 Å². The molecule has 0 amide bonds. The smallest absolute Gasteiger partial charge is 0.477 e. The zero-order chi connectivity index (χ0) is 30.7. The van der Waals surface area contributed by atoms with Gasteiger partial charge in [-0.15, -0.1) is 0 Å². The van der Waals surface area contributed by atoms with Gasteiger partial charge >= 0.3 is 7.82 Å². The molecule has 0 radical (unpaired) electrons. The molecule has 7 rings (SSSR count). The number of nitrogens with two attached hydrogens (primary N) is 1. The first-order valence-corrected chi connectivity index (χ1v) is 17.2. The van der Waals surface area contributed by atoms with E-state index in [1.54, 1.807) is 6.07 Å². The molecule has 44 heavy (non-hydrogen) atoms. The summed E-state index contributed by atoms with van der Waals surface area (Å²) in [7, 11) is -4.54. The molecular formula is C35H40NO7P. The third-order valence-corrected chi connectivity index (χ3v) is 11.6. The summed E-state index contributed by atoms with van der Waals surface area (Å²) in [6.45, 7) is 2.03. The van der Waals surface area contributed by atoms with E-state index in [9.17, 15) is 19.4 Å². The predicted molar refractivity (Wildman–Crippen MR) is 166 cm³/mol. The van der Waals surface area contributed by atoms with Crippen molar-refractivity contribution in [3.63, 3.8) is 0 Å². The fourth-order valence-electron chi connectivity index (χ4n) is 8.55. The van der Waals surface area contributed by atoms with Crippen molar-refractivity contribution in [2.24, 2.45) is 17.6 Å². The van der Waals surface area contributed by atoms with E-state index in [4.69, 9.17) is 19.5 Å². The van der Waals surface area contributed by atoms with Crippen LogP contribution in [0.3, 0.4) is 0 Å². The molecule has 3 aliphatic carbocycles. The number of benzene rings is 3. The average molecular weight is 618 g/mol. The highest BCUT2D eigenvalue weighted by Crippen LogP contribution is 2.67. The third-order valence-electron chi connectivity index (χ3n) is 10.7. The highest BCUT2D eigenvalue weighted by Gasteiger charge is 2.73. The first-order chi connectivity index (χ1) is 21.1. The summed E-state index contributed by atoms with van der Waals surface area (Å²) in [5, 5.41) is 12.1. The average Bonchev–Trinajstić information content (AvgIpc) is 3.38. The molecule has 4 aliphatic rings. The van der Waals surface area contributed by atoms with Gasteiger partial charge in [-0.05, 0) is 67.2 Å². The molecule has 3 aromatic rings. The maximum Gasteiger partial charge on any atom is 0.527 e. The first kappa shape index (κ1) is 29.7. The van der Waals surface area contributed by atoms with Gasteiger partial charge in [-0.25, -0.2) is 4.57 Å². The molecular weight excluding hydrogens is 577 g/mol. The van der Waals surface area contributed by atoms with E-state index >= 15 is 0 Å². The number of Topliss-reactive ketones (excluding diaryl/α,β-unsaturated/α-hetero) is 1. The maximum atomic E-state index is 13.3. The van der Waals surface area contributed by atoms with Crippen LogP contribution in [0.15, 0.2) is 72.8 Å². The van der Waals surface area contributed by atoms with E-state index in [0.29, 0.717) is 25.7 Å². The van der Waals surface area contributed by atoms with Crippen LogP contribution in [0, 0.1) is 11.8 Å². The topological polar surface area (TPSA) is 128 Å².